The third-order valence-corrected chi connectivity index (χ3v) is 6.46. The summed E-state index contributed by atoms with van der Waals surface area (Å²) in [5.74, 6) is 0.865. The first-order chi connectivity index (χ1) is 16.2. The van der Waals surface area contributed by atoms with Gasteiger partial charge in [-0.2, -0.15) is 0 Å². The Bertz CT molecular complexity index is 1230. The standard InChI is InChI=1S/C30H30O3/c1-2-21-15-25-18-27(11-12-28(25)29(17-21)23-8-4-3-5-9-23)33-20-22-7-6-10-24(16-22)30-19-26(31)13-14-32-30/h3-12,15-18,26,30-31H,2,13-14,19-20H2,1H3. The molecule has 1 aliphatic heterocycles. The van der Waals surface area contributed by atoms with E-state index in [9.17, 15) is 5.11 Å². The van der Waals surface area contributed by atoms with Gasteiger partial charge in [0.05, 0.1) is 12.2 Å². The van der Waals surface area contributed by atoms with Crippen molar-refractivity contribution in [2.24, 2.45) is 0 Å². The van der Waals surface area contributed by atoms with Crippen LogP contribution < -0.4 is 4.74 Å². The lowest BCUT2D eigenvalue weighted by atomic mass is 9.95. The van der Waals surface area contributed by atoms with Gasteiger partial charge in [-0.15, -0.1) is 0 Å². The first-order valence-corrected chi connectivity index (χ1v) is 11.8. The first kappa shape index (κ1) is 21.7. The van der Waals surface area contributed by atoms with Gasteiger partial charge in [0.15, 0.2) is 0 Å². The molecule has 3 heteroatoms. The van der Waals surface area contributed by atoms with Crippen molar-refractivity contribution in [2.75, 3.05) is 6.61 Å². The number of rotatable bonds is 6. The van der Waals surface area contributed by atoms with Gasteiger partial charge in [-0.3, -0.25) is 0 Å². The molecule has 0 bridgehead atoms. The van der Waals surface area contributed by atoms with Crippen LogP contribution in [0, 0.1) is 0 Å². The second-order valence-corrected chi connectivity index (χ2v) is 8.82. The predicted molar refractivity (Wildman–Crippen MR) is 133 cm³/mol. The summed E-state index contributed by atoms with van der Waals surface area (Å²) >= 11 is 0. The van der Waals surface area contributed by atoms with Crippen molar-refractivity contribution in [1.82, 2.24) is 0 Å². The van der Waals surface area contributed by atoms with E-state index in [0.29, 0.717) is 26.1 Å². The summed E-state index contributed by atoms with van der Waals surface area (Å²) in [5, 5.41) is 12.4. The van der Waals surface area contributed by atoms with Crippen molar-refractivity contribution in [3.05, 3.63) is 102 Å². The Morgan fingerprint density at radius 1 is 0.909 bits per heavy atom. The molecule has 168 valence electrons. The molecule has 1 heterocycles. The molecule has 0 aliphatic carbocycles. The van der Waals surface area contributed by atoms with Gasteiger partial charge in [0.25, 0.3) is 0 Å². The maximum atomic E-state index is 9.97. The molecule has 4 aromatic rings. The number of aliphatic hydroxyl groups excluding tert-OH is 1. The van der Waals surface area contributed by atoms with Gasteiger partial charge in [0, 0.05) is 13.0 Å². The summed E-state index contributed by atoms with van der Waals surface area (Å²) in [6.45, 7) is 3.29. The molecule has 4 aromatic carbocycles. The van der Waals surface area contributed by atoms with Crippen LogP contribution in [0.25, 0.3) is 21.9 Å². The van der Waals surface area contributed by atoms with Crippen molar-refractivity contribution >= 4 is 10.8 Å². The molecule has 0 aromatic heterocycles. The van der Waals surface area contributed by atoms with E-state index >= 15 is 0 Å². The van der Waals surface area contributed by atoms with Gasteiger partial charge in [0.1, 0.15) is 12.4 Å². The highest BCUT2D eigenvalue weighted by Gasteiger charge is 2.22. The smallest absolute Gasteiger partial charge is 0.120 e. The lowest BCUT2D eigenvalue weighted by Crippen LogP contribution is -2.23. The first-order valence-electron chi connectivity index (χ1n) is 11.8. The molecular weight excluding hydrogens is 408 g/mol. The lowest BCUT2D eigenvalue weighted by molar-refractivity contribution is -0.0448. The summed E-state index contributed by atoms with van der Waals surface area (Å²) in [7, 11) is 0. The topological polar surface area (TPSA) is 38.7 Å². The third-order valence-electron chi connectivity index (χ3n) is 6.46. The Balaban J connectivity index is 1.37. The molecule has 0 radical (unpaired) electrons. The normalized spacial score (nSPS) is 18.4. The highest BCUT2D eigenvalue weighted by atomic mass is 16.5. The number of aryl methyl sites for hydroxylation is 1. The Kier molecular flexibility index (Phi) is 6.43. The fourth-order valence-corrected chi connectivity index (χ4v) is 4.62. The fourth-order valence-electron chi connectivity index (χ4n) is 4.62. The van der Waals surface area contributed by atoms with E-state index in [1.807, 2.05) is 6.07 Å². The van der Waals surface area contributed by atoms with Gasteiger partial charge in [-0.1, -0.05) is 73.7 Å². The average molecular weight is 439 g/mol. The predicted octanol–water partition coefficient (Wildman–Crippen LogP) is 6.86. The molecule has 1 aliphatic rings. The van der Waals surface area contributed by atoms with E-state index in [2.05, 4.69) is 85.8 Å². The number of hydrogen-bond acceptors (Lipinski definition) is 3. The highest BCUT2D eigenvalue weighted by molar-refractivity contribution is 5.98. The van der Waals surface area contributed by atoms with E-state index in [4.69, 9.17) is 9.47 Å². The highest BCUT2D eigenvalue weighted by Crippen LogP contribution is 2.33. The molecule has 1 saturated heterocycles. The number of hydrogen-bond donors (Lipinski definition) is 1. The zero-order valence-electron chi connectivity index (χ0n) is 19.0. The van der Waals surface area contributed by atoms with Crippen molar-refractivity contribution in [2.45, 2.75) is 45.0 Å². The van der Waals surface area contributed by atoms with Crippen LogP contribution in [-0.2, 0) is 17.8 Å². The van der Waals surface area contributed by atoms with Gasteiger partial charge < -0.3 is 14.6 Å². The van der Waals surface area contributed by atoms with Crippen LogP contribution in [-0.4, -0.2) is 17.8 Å². The minimum Gasteiger partial charge on any atom is -0.489 e. The fraction of sp³-hybridized carbons (Fsp3) is 0.267. The maximum Gasteiger partial charge on any atom is 0.120 e. The zero-order chi connectivity index (χ0) is 22.6. The van der Waals surface area contributed by atoms with Crippen molar-refractivity contribution < 1.29 is 14.6 Å². The molecule has 33 heavy (non-hydrogen) atoms. The van der Waals surface area contributed by atoms with Crippen LogP contribution in [0.5, 0.6) is 5.75 Å². The molecule has 0 spiro atoms. The SMILES string of the molecule is CCc1cc(-c2ccccc2)c2ccc(OCc3cccc(C4CC(O)CCO4)c3)cc2c1. The average Bonchev–Trinajstić information content (AvgIpc) is 2.87. The molecule has 3 nitrogen and oxygen atoms in total. The molecule has 0 amide bonds. The summed E-state index contributed by atoms with van der Waals surface area (Å²) in [4.78, 5) is 0. The monoisotopic (exact) mass is 438 g/mol. The Labute approximate surface area is 195 Å². The molecule has 2 atom stereocenters. The molecule has 5 rings (SSSR count). The second kappa shape index (κ2) is 9.78. The zero-order valence-corrected chi connectivity index (χ0v) is 19.0. The van der Waals surface area contributed by atoms with E-state index in [1.165, 1.54) is 27.5 Å². The van der Waals surface area contributed by atoms with Crippen LogP contribution in [0.3, 0.4) is 0 Å². The summed E-state index contributed by atoms with van der Waals surface area (Å²) in [5.41, 5.74) is 6.02. The largest absolute Gasteiger partial charge is 0.489 e. The van der Waals surface area contributed by atoms with Crippen molar-refractivity contribution in [1.29, 1.82) is 0 Å². The minimum absolute atomic E-state index is 0.0433. The van der Waals surface area contributed by atoms with Gasteiger partial charge in [-0.25, -0.2) is 0 Å². The van der Waals surface area contributed by atoms with E-state index < -0.39 is 0 Å². The van der Waals surface area contributed by atoms with Crippen LogP contribution in [0.1, 0.15) is 42.6 Å². The van der Waals surface area contributed by atoms with Crippen LogP contribution in [0.2, 0.25) is 0 Å². The Morgan fingerprint density at radius 2 is 1.79 bits per heavy atom. The molecule has 2 unspecified atom stereocenters. The quantitative estimate of drug-likeness (QED) is 0.357. The molecular formula is C30H30O3. The summed E-state index contributed by atoms with van der Waals surface area (Å²) in [6, 6.07) is 29.8. The second-order valence-electron chi connectivity index (χ2n) is 8.82. The van der Waals surface area contributed by atoms with Crippen LogP contribution in [0.15, 0.2) is 84.9 Å². The van der Waals surface area contributed by atoms with Gasteiger partial charge in [-0.05, 0) is 69.6 Å². The van der Waals surface area contributed by atoms with Gasteiger partial charge >= 0.3 is 0 Å². The molecule has 1 N–H and O–H groups in total. The number of fused-ring (bicyclic) bond motifs is 1. The van der Waals surface area contributed by atoms with Gasteiger partial charge in [0.2, 0.25) is 0 Å². The van der Waals surface area contributed by atoms with E-state index in [0.717, 1.165) is 23.3 Å². The van der Waals surface area contributed by atoms with Crippen LogP contribution >= 0.6 is 0 Å². The number of aliphatic hydroxyl groups is 1. The van der Waals surface area contributed by atoms with Crippen molar-refractivity contribution in [3.63, 3.8) is 0 Å². The number of ether oxygens (including phenoxy) is 2. The van der Waals surface area contributed by atoms with E-state index in [-0.39, 0.29) is 12.2 Å². The Morgan fingerprint density at radius 3 is 2.61 bits per heavy atom. The minimum atomic E-state index is -0.282. The Hall–Kier alpha value is -3.14. The molecule has 0 saturated carbocycles. The summed E-state index contributed by atoms with van der Waals surface area (Å²) in [6.07, 6.45) is 2.03. The van der Waals surface area contributed by atoms with E-state index in [1.54, 1.807) is 0 Å². The summed E-state index contributed by atoms with van der Waals surface area (Å²) < 4.78 is 12.1. The number of benzene rings is 4. The molecule has 1 fully saturated rings. The maximum absolute atomic E-state index is 9.97. The van der Waals surface area contributed by atoms with Crippen molar-refractivity contribution in [3.8, 4) is 16.9 Å². The third kappa shape index (κ3) is 4.95. The van der Waals surface area contributed by atoms with Crippen LogP contribution in [0.4, 0.5) is 0 Å². The lowest BCUT2D eigenvalue weighted by Gasteiger charge is -2.27.